The van der Waals surface area contributed by atoms with E-state index in [1.54, 1.807) is 7.05 Å². The highest BCUT2D eigenvalue weighted by atomic mass is 16.7. The Morgan fingerprint density at radius 2 is 2.50 bits per heavy atom. The van der Waals surface area contributed by atoms with Crippen LogP contribution in [0.3, 0.4) is 0 Å². The summed E-state index contributed by atoms with van der Waals surface area (Å²) in [5.41, 5.74) is 0. The smallest absolute Gasteiger partial charge is 0.343 e. The second kappa shape index (κ2) is 3.73. The van der Waals surface area contributed by atoms with E-state index in [2.05, 4.69) is 0 Å². The predicted octanol–water partition coefficient (Wildman–Crippen LogP) is -0.334. The average molecular weight is 174 g/mol. The summed E-state index contributed by atoms with van der Waals surface area (Å²) < 4.78 is 0. The molecular formula is C7H14N2O3. The molecule has 1 aliphatic heterocycles. The molecule has 0 aromatic rings. The number of nitrogens with zero attached hydrogens (tertiary/aromatic N) is 2. The zero-order chi connectivity index (χ0) is 9.14. The Morgan fingerprint density at radius 3 is 2.92 bits per heavy atom. The minimum absolute atomic E-state index is 0.200. The number of urea groups is 1. The molecule has 0 aromatic carbocycles. The van der Waals surface area contributed by atoms with Crippen LogP contribution < -0.4 is 0 Å². The number of hydrogen-bond donors (Lipinski definition) is 1. The number of aliphatic hydroxyl groups excluding tert-OH is 1. The zero-order valence-corrected chi connectivity index (χ0v) is 7.36. The van der Waals surface area contributed by atoms with Gasteiger partial charge in [0.15, 0.2) is 0 Å². The van der Waals surface area contributed by atoms with Crippen molar-refractivity contribution in [3.8, 4) is 0 Å². The third-order valence-corrected chi connectivity index (χ3v) is 1.81. The number of carbonyl (C=O) groups is 1. The third kappa shape index (κ3) is 1.86. The van der Waals surface area contributed by atoms with Gasteiger partial charge in [-0.25, -0.2) is 9.86 Å². The van der Waals surface area contributed by atoms with Crippen molar-refractivity contribution in [2.75, 3.05) is 26.7 Å². The van der Waals surface area contributed by atoms with Crippen molar-refractivity contribution in [2.24, 2.45) is 0 Å². The van der Waals surface area contributed by atoms with E-state index in [9.17, 15) is 4.79 Å². The molecular weight excluding hydrogens is 160 g/mol. The van der Waals surface area contributed by atoms with Crippen LogP contribution in [0.15, 0.2) is 0 Å². The van der Waals surface area contributed by atoms with E-state index in [-0.39, 0.29) is 19.2 Å². The molecule has 1 heterocycles. The van der Waals surface area contributed by atoms with Crippen molar-refractivity contribution in [3.63, 3.8) is 0 Å². The molecule has 2 amide bonds. The number of hydroxylamine groups is 2. The Bertz CT molecular complexity index is 174. The van der Waals surface area contributed by atoms with E-state index in [4.69, 9.17) is 9.94 Å². The summed E-state index contributed by atoms with van der Waals surface area (Å²) in [6.07, 6.45) is -0.542. The molecule has 1 rings (SSSR count). The first-order chi connectivity index (χ1) is 5.65. The van der Waals surface area contributed by atoms with Crippen LogP contribution >= 0.6 is 0 Å². The number of β-amino-alcohol motifs (C(OH)–C–C–N with tert-alkyl or cyclic N) is 1. The maximum absolute atomic E-state index is 11.3. The molecule has 1 aliphatic rings. The van der Waals surface area contributed by atoms with Gasteiger partial charge in [-0.05, 0) is 6.92 Å². The molecule has 1 saturated heterocycles. The van der Waals surface area contributed by atoms with E-state index < -0.39 is 6.10 Å². The molecule has 70 valence electrons. The molecule has 0 saturated carbocycles. The van der Waals surface area contributed by atoms with E-state index in [1.165, 1.54) is 9.96 Å². The highest BCUT2D eigenvalue weighted by molar-refractivity contribution is 5.73. The minimum Gasteiger partial charge on any atom is -0.389 e. The first kappa shape index (κ1) is 9.28. The molecule has 5 heteroatoms. The van der Waals surface area contributed by atoms with Crippen LogP contribution in [0.25, 0.3) is 0 Å². The lowest BCUT2D eigenvalue weighted by Crippen LogP contribution is -2.39. The molecule has 0 spiro atoms. The van der Waals surface area contributed by atoms with E-state index in [1.807, 2.05) is 6.92 Å². The quantitative estimate of drug-likeness (QED) is 0.592. The normalized spacial score (nSPS) is 22.9. The van der Waals surface area contributed by atoms with Gasteiger partial charge < -0.3 is 10.0 Å². The molecule has 5 nitrogen and oxygen atoms in total. The number of amides is 2. The van der Waals surface area contributed by atoms with Gasteiger partial charge in [0.1, 0.15) is 12.7 Å². The summed E-state index contributed by atoms with van der Waals surface area (Å²) in [6.45, 7) is 2.99. The van der Waals surface area contributed by atoms with Crippen LogP contribution in [0.4, 0.5) is 4.79 Å². The second-order valence-electron chi connectivity index (χ2n) is 2.81. The van der Waals surface area contributed by atoms with Crippen molar-refractivity contribution in [1.29, 1.82) is 0 Å². The maximum atomic E-state index is 11.3. The Labute approximate surface area is 71.5 Å². The molecule has 0 aromatic heterocycles. The number of aliphatic hydroxyl groups is 1. The summed E-state index contributed by atoms with van der Waals surface area (Å²) in [7, 11) is 1.69. The Hall–Kier alpha value is -0.810. The van der Waals surface area contributed by atoms with Crippen molar-refractivity contribution in [2.45, 2.75) is 13.0 Å². The summed E-state index contributed by atoms with van der Waals surface area (Å²) >= 11 is 0. The van der Waals surface area contributed by atoms with Crippen LogP contribution in [-0.2, 0) is 4.84 Å². The van der Waals surface area contributed by atoms with Gasteiger partial charge in [0.05, 0.1) is 6.54 Å². The maximum Gasteiger partial charge on any atom is 0.343 e. The second-order valence-corrected chi connectivity index (χ2v) is 2.81. The Balaban J connectivity index is 2.43. The fourth-order valence-corrected chi connectivity index (χ4v) is 0.932. The number of carbonyl (C=O) groups excluding carboxylic acids is 1. The van der Waals surface area contributed by atoms with E-state index in [0.29, 0.717) is 6.54 Å². The predicted molar refractivity (Wildman–Crippen MR) is 42.4 cm³/mol. The van der Waals surface area contributed by atoms with Crippen LogP contribution in [0, 0.1) is 0 Å². The number of rotatable bonds is 1. The van der Waals surface area contributed by atoms with Gasteiger partial charge in [-0.2, -0.15) is 0 Å². The Kier molecular flexibility index (Phi) is 2.88. The standard InChI is InChI=1S/C7H14N2O3/c1-3-8(2)7(11)9-4-6(10)5-12-9/h6,10H,3-5H2,1-2H3/t6-/m1/s1. The van der Waals surface area contributed by atoms with Crippen molar-refractivity contribution in [3.05, 3.63) is 0 Å². The average Bonchev–Trinajstić information content (AvgIpc) is 2.49. The molecule has 1 atom stereocenters. The molecule has 0 bridgehead atoms. The third-order valence-electron chi connectivity index (χ3n) is 1.81. The molecule has 0 aliphatic carbocycles. The first-order valence-corrected chi connectivity index (χ1v) is 3.98. The lowest BCUT2D eigenvalue weighted by Gasteiger charge is -2.21. The van der Waals surface area contributed by atoms with Gasteiger partial charge in [0, 0.05) is 13.6 Å². The highest BCUT2D eigenvalue weighted by Crippen LogP contribution is 2.07. The molecule has 12 heavy (non-hydrogen) atoms. The van der Waals surface area contributed by atoms with Gasteiger partial charge in [-0.15, -0.1) is 0 Å². The summed E-state index contributed by atoms with van der Waals surface area (Å²) in [5, 5.41) is 10.3. The van der Waals surface area contributed by atoms with Gasteiger partial charge in [0.2, 0.25) is 0 Å². The van der Waals surface area contributed by atoms with Crippen molar-refractivity contribution >= 4 is 6.03 Å². The largest absolute Gasteiger partial charge is 0.389 e. The molecule has 1 fully saturated rings. The molecule has 0 unspecified atom stereocenters. The van der Waals surface area contributed by atoms with Gasteiger partial charge in [-0.1, -0.05) is 0 Å². The summed E-state index contributed by atoms with van der Waals surface area (Å²) in [5.74, 6) is 0. The van der Waals surface area contributed by atoms with Crippen molar-refractivity contribution in [1.82, 2.24) is 9.96 Å². The Morgan fingerprint density at radius 1 is 1.83 bits per heavy atom. The lowest BCUT2D eigenvalue weighted by atomic mass is 10.4. The zero-order valence-electron chi connectivity index (χ0n) is 7.36. The highest BCUT2D eigenvalue weighted by Gasteiger charge is 2.27. The SMILES string of the molecule is CCN(C)C(=O)N1C[C@@H](O)CO1. The minimum atomic E-state index is -0.542. The topological polar surface area (TPSA) is 53.0 Å². The molecule has 1 N–H and O–H groups in total. The van der Waals surface area contributed by atoms with E-state index >= 15 is 0 Å². The van der Waals surface area contributed by atoms with Crippen molar-refractivity contribution < 1.29 is 14.7 Å². The fraction of sp³-hybridized carbons (Fsp3) is 0.857. The van der Waals surface area contributed by atoms with Gasteiger partial charge in [0.25, 0.3) is 0 Å². The van der Waals surface area contributed by atoms with Crippen LogP contribution in [0.1, 0.15) is 6.92 Å². The van der Waals surface area contributed by atoms with Gasteiger partial charge >= 0.3 is 6.03 Å². The van der Waals surface area contributed by atoms with Gasteiger partial charge in [-0.3, -0.25) is 4.84 Å². The van der Waals surface area contributed by atoms with E-state index in [0.717, 1.165) is 0 Å². The lowest BCUT2D eigenvalue weighted by molar-refractivity contribution is -0.0764. The monoisotopic (exact) mass is 174 g/mol. The van der Waals surface area contributed by atoms with Crippen LogP contribution in [0.2, 0.25) is 0 Å². The molecule has 0 radical (unpaired) electrons. The van der Waals surface area contributed by atoms with Crippen LogP contribution in [0.5, 0.6) is 0 Å². The number of hydrogen-bond acceptors (Lipinski definition) is 3. The summed E-state index contributed by atoms with van der Waals surface area (Å²) in [6, 6.07) is -0.200. The van der Waals surface area contributed by atoms with Crippen LogP contribution in [-0.4, -0.2) is 53.9 Å². The summed E-state index contributed by atoms with van der Waals surface area (Å²) in [4.78, 5) is 17.8. The first-order valence-electron chi connectivity index (χ1n) is 3.98. The fourth-order valence-electron chi connectivity index (χ4n) is 0.932.